The smallest absolute Gasteiger partial charge is 0.353 e. The number of unbranched alkanes of at least 4 members (excludes halogenated alkanes) is 1. The fourth-order valence-corrected chi connectivity index (χ4v) is 1.92. The highest BCUT2D eigenvalue weighted by atomic mass is 19.4. The summed E-state index contributed by atoms with van der Waals surface area (Å²) in [6, 6.07) is 0. The molecule has 0 aromatic rings. The number of hydrogen-bond acceptors (Lipinski definition) is 2. The van der Waals surface area contributed by atoms with Gasteiger partial charge in [0.2, 0.25) is 0 Å². The molecule has 0 radical (unpaired) electrons. The summed E-state index contributed by atoms with van der Waals surface area (Å²) in [5, 5.41) is 0. The molecule has 0 rings (SSSR count). The minimum atomic E-state index is -8.40. The molecule has 0 fully saturated rings. The molecule has 33 heavy (non-hydrogen) atoms. The molecule has 0 aliphatic heterocycles. The van der Waals surface area contributed by atoms with E-state index in [0.717, 1.165) is 6.92 Å². The van der Waals surface area contributed by atoms with Gasteiger partial charge in [-0.25, -0.2) is 8.78 Å². The Hall–Kier alpha value is -1.20. The van der Waals surface area contributed by atoms with Crippen molar-refractivity contribution in [1.82, 2.24) is 0 Å². The van der Waals surface area contributed by atoms with Crippen molar-refractivity contribution in [2.75, 3.05) is 13.2 Å². The predicted octanol–water partition coefficient (Wildman–Crippen LogP) is 6.88. The summed E-state index contributed by atoms with van der Waals surface area (Å²) < 4.78 is 219. The van der Waals surface area contributed by atoms with E-state index in [1.165, 1.54) is 0 Å². The number of hydrogen-bond donors (Lipinski definition) is 0. The molecule has 0 spiro atoms. The van der Waals surface area contributed by atoms with E-state index in [2.05, 4.69) is 9.47 Å². The zero-order valence-electron chi connectivity index (χ0n) is 16.3. The zero-order valence-corrected chi connectivity index (χ0v) is 16.3. The summed E-state index contributed by atoms with van der Waals surface area (Å²) in [5.74, 6) is -54.7. The second-order valence-corrected chi connectivity index (χ2v) is 6.60. The van der Waals surface area contributed by atoms with Crippen LogP contribution in [-0.2, 0) is 9.47 Å². The van der Waals surface area contributed by atoms with E-state index in [9.17, 15) is 70.2 Å². The van der Waals surface area contributed by atoms with E-state index in [-0.39, 0.29) is 13.0 Å². The Morgan fingerprint density at radius 3 is 1.39 bits per heavy atom. The minimum absolute atomic E-state index is 0.243. The van der Waals surface area contributed by atoms with Crippen molar-refractivity contribution in [3.63, 3.8) is 0 Å². The molecular formula is C15H16F16O2. The van der Waals surface area contributed by atoms with Gasteiger partial charge in [0.15, 0.2) is 6.29 Å². The summed E-state index contributed by atoms with van der Waals surface area (Å²) in [7, 11) is 0. The molecule has 18 heteroatoms. The standard InChI is InChI=1S/C15H16F16O2/c1-3-4-5-32-7(2)33-6-9(18,19)11(22,23)13(26,27)15(30,31)14(28,29)12(24,25)10(20,21)8(16)17/h7-8H,3-6H2,1-2H3/t7-/m0/s1. The first-order valence-corrected chi connectivity index (χ1v) is 8.56. The summed E-state index contributed by atoms with van der Waals surface area (Å²) in [5.41, 5.74) is 0. The maximum Gasteiger partial charge on any atom is 0.384 e. The molecule has 0 bridgehead atoms. The normalized spacial score (nSPS) is 16.5. The predicted molar refractivity (Wildman–Crippen MR) is 76.9 cm³/mol. The highest BCUT2D eigenvalue weighted by Crippen LogP contribution is 2.62. The van der Waals surface area contributed by atoms with Crippen LogP contribution in [0.5, 0.6) is 0 Å². The number of alkyl halides is 16. The number of rotatable bonds is 14. The molecule has 0 amide bonds. The van der Waals surface area contributed by atoms with Crippen LogP contribution in [0, 0.1) is 0 Å². The highest BCUT2D eigenvalue weighted by Gasteiger charge is 2.93. The summed E-state index contributed by atoms with van der Waals surface area (Å²) >= 11 is 0. The first-order valence-electron chi connectivity index (χ1n) is 8.56. The lowest BCUT2D eigenvalue weighted by Crippen LogP contribution is -2.74. The van der Waals surface area contributed by atoms with Gasteiger partial charge in [0.25, 0.3) is 0 Å². The average Bonchev–Trinajstić information content (AvgIpc) is 2.65. The van der Waals surface area contributed by atoms with Crippen LogP contribution in [0.4, 0.5) is 70.2 Å². The van der Waals surface area contributed by atoms with Crippen LogP contribution < -0.4 is 0 Å². The Bertz CT molecular complexity index is 633. The first kappa shape index (κ1) is 31.8. The van der Waals surface area contributed by atoms with Gasteiger partial charge in [-0.3, -0.25) is 0 Å². The molecule has 0 unspecified atom stereocenters. The van der Waals surface area contributed by atoms with E-state index in [1.807, 2.05) is 0 Å². The third-order valence-electron chi connectivity index (χ3n) is 4.08. The van der Waals surface area contributed by atoms with Crippen LogP contribution in [0.1, 0.15) is 26.7 Å². The largest absolute Gasteiger partial charge is 0.384 e. The highest BCUT2D eigenvalue weighted by molar-refractivity contribution is 5.14. The van der Waals surface area contributed by atoms with Crippen molar-refractivity contribution >= 4 is 0 Å². The summed E-state index contributed by atoms with van der Waals surface area (Å²) in [6.07, 6.45) is -7.00. The fraction of sp³-hybridized carbons (Fsp3) is 1.00. The molecule has 0 aromatic carbocycles. The molecular weight excluding hydrogens is 516 g/mol. The molecule has 0 saturated carbocycles. The average molecular weight is 532 g/mol. The van der Waals surface area contributed by atoms with Gasteiger partial charge in [-0.1, -0.05) is 13.3 Å². The Kier molecular flexibility index (Phi) is 9.45. The lowest BCUT2D eigenvalue weighted by molar-refractivity contribution is -0.448. The molecule has 0 saturated heterocycles. The van der Waals surface area contributed by atoms with Crippen molar-refractivity contribution in [3.8, 4) is 0 Å². The molecule has 200 valence electrons. The third kappa shape index (κ3) is 5.24. The SMILES string of the molecule is CCCCO[C@H](C)OCC(F)(F)C(F)(F)C(F)(F)C(F)(F)C(F)(F)C(F)(F)C(F)(F)C(F)F. The summed E-state index contributed by atoms with van der Waals surface area (Å²) in [4.78, 5) is 0. The molecule has 2 nitrogen and oxygen atoms in total. The minimum Gasteiger partial charge on any atom is -0.353 e. The first-order chi connectivity index (χ1) is 14.4. The molecule has 1 atom stereocenters. The van der Waals surface area contributed by atoms with Crippen LogP contribution in [0.3, 0.4) is 0 Å². The Labute approximate surface area is 175 Å². The quantitative estimate of drug-likeness (QED) is 0.138. The van der Waals surface area contributed by atoms with Crippen LogP contribution in [0.15, 0.2) is 0 Å². The van der Waals surface area contributed by atoms with E-state index < -0.39 is 60.8 Å². The Morgan fingerprint density at radius 2 is 1.00 bits per heavy atom. The van der Waals surface area contributed by atoms with Crippen molar-refractivity contribution in [2.45, 2.75) is 80.9 Å². The van der Waals surface area contributed by atoms with Crippen LogP contribution in [0.25, 0.3) is 0 Å². The van der Waals surface area contributed by atoms with Crippen molar-refractivity contribution in [3.05, 3.63) is 0 Å². The van der Waals surface area contributed by atoms with Gasteiger partial charge >= 0.3 is 47.9 Å². The van der Waals surface area contributed by atoms with Gasteiger partial charge in [0.05, 0.1) is 0 Å². The maximum atomic E-state index is 13.6. The molecule has 0 heterocycles. The Balaban J connectivity index is 6.10. The topological polar surface area (TPSA) is 18.5 Å². The Morgan fingerprint density at radius 1 is 0.606 bits per heavy atom. The second-order valence-electron chi connectivity index (χ2n) is 6.60. The van der Waals surface area contributed by atoms with Crippen molar-refractivity contribution < 1.29 is 79.7 Å². The third-order valence-corrected chi connectivity index (χ3v) is 4.08. The van der Waals surface area contributed by atoms with Crippen LogP contribution in [-0.4, -0.2) is 67.4 Å². The van der Waals surface area contributed by atoms with Gasteiger partial charge < -0.3 is 9.47 Å². The molecule has 0 aliphatic rings. The lowest BCUT2D eigenvalue weighted by Gasteiger charge is -2.42. The van der Waals surface area contributed by atoms with E-state index >= 15 is 0 Å². The van der Waals surface area contributed by atoms with Crippen molar-refractivity contribution in [1.29, 1.82) is 0 Å². The number of ether oxygens (including phenoxy) is 2. The second kappa shape index (κ2) is 9.81. The van der Waals surface area contributed by atoms with Crippen LogP contribution >= 0.6 is 0 Å². The molecule has 0 aromatic heterocycles. The van der Waals surface area contributed by atoms with Gasteiger partial charge in [0.1, 0.15) is 6.61 Å². The van der Waals surface area contributed by atoms with Crippen molar-refractivity contribution in [2.24, 2.45) is 0 Å². The van der Waals surface area contributed by atoms with Crippen LogP contribution in [0.2, 0.25) is 0 Å². The monoisotopic (exact) mass is 532 g/mol. The number of halogens is 16. The summed E-state index contributed by atoms with van der Waals surface area (Å²) in [6.45, 7) is -0.790. The zero-order chi connectivity index (χ0) is 26.9. The van der Waals surface area contributed by atoms with Gasteiger partial charge in [0, 0.05) is 6.61 Å². The maximum absolute atomic E-state index is 13.6. The van der Waals surface area contributed by atoms with Gasteiger partial charge in [-0.2, -0.15) is 61.5 Å². The molecule has 0 N–H and O–H groups in total. The van der Waals surface area contributed by atoms with Gasteiger partial charge in [-0.05, 0) is 13.3 Å². The molecule has 0 aliphatic carbocycles. The van der Waals surface area contributed by atoms with Gasteiger partial charge in [-0.15, -0.1) is 0 Å². The fourth-order valence-electron chi connectivity index (χ4n) is 1.92. The lowest BCUT2D eigenvalue weighted by atomic mass is 9.89. The van der Waals surface area contributed by atoms with E-state index in [1.54, 1.807) is 6.92 Å². The van der Waals surface area contributed by atoms with E-state index in [4.69, 9.17) is 0 Å². The van der Waals surface area contributed by atoms with E-state index in [0.29, 0.717) is 6.42 Å².